The van der Waals surface area contributed by atoms with E-state index in [9.17, 15) is 9.59 Å². The lowest BCUT2D eigenvalue weighted by molar-refractivity contribution is 0.0996. The second kappa shape index (κ2) is 8.31. The number of hydrogen-bond acceptors (Lipinski definition) is 3. The normalized spacial score (nSPS) is 15.9. The van der Waals surface area contributed by atoms with Crippen LogP contribution in [0, 0.1) is 5.92 Å². The highest BCUT2D eigenvalue weighted by atomic mass is 16.2. The number of hydrogen-bond donors (Lipinski definition) is 1. The Hall–Kier alpha value is -3.40. The number of anilines is 2. The summed E-state index contributed by atoms with van der Waals surface area (Å²) in [5, 5.41) is 2.92. The molecule has 1 saturated heterocycles. The summed E-state index contributed by atoms with van der Waals surface area (Å²) >= 11 is 0. The summed E-state index contributed by atoms with van der Waals surface area (Å²) in [6.07, 6.45) is 1.21. The molecular formula is C25H24N2O2. The van der Waals surface area contributed by atoms with Crippen LogP contribution >= 0.6 is 0 Å². The van der Waals surface area contributed by atoms with Crippen molar-refractivity contribution < 1.29 is 9.59 Å². The fraction of sp³-hybridized carbons (Fsp3) is 0.200. The standard InChI is InChI=1S/C25H24N2O2/c1-18-15-16-27(17-18)21-13-11-20(12-14-21)26-25(29)23-10-6-5-9-22(23)24(28)19-7-3-2-4-8-19/h2-14,18H,15-17H2,1H3,(H,26,29). The zero-order chi connectivity index (χ0) is 20.2. The van der Waals surface area contributed by atoms with E-state index in [2.05, 4.69) is 17.1 Å². The van der Waals surface area contributed by atoms with E-state index >= 15 is 0 Å². The summed E-state index contributed by atoms with van der Waals surface area (Å²) in [4.78, 5) is 28.1. The van der Waals surface area contributed by atoms with Crippen LogP contribution in [0.4, 0.5) is 11.4 Å². The highest BCUT2D eigenvalue weighted by Gasteiger charge is 2.20. The van der Waals surface area contributed by atoms with E-state index in [1.165, 1.54) is 12.1 Å². The summed E-state index contributed by atoms with van der Waals surface area (Å²) in [6, 6.07) is 23.8. The average molecular weight is 384 g/mol. The van der Waals surface area contributed by atoms with Crippen molar-refractivity contribution in [1.82, 2.24) is 0 Å². The minimum Gasteiger partial charge on any atom is -0.371 e. The average Bonchev–Trinajstić information content (AvgIpc) is 3.20. The lowest BCUT2D eigenvalue weighted by Crippen LogP contribution is -2.19. The van der Waals surface area contributed by atoms with E-state index in [0.717, 1.165) is 13.1 Å². The van der Waals surface area contributed by atoms with Gasteiger partial charge in [0.25, 0.3) is 5.91 Å². The maximum absolute atomic E-state index is 12.9. The Kier molecular flexibility index (Phi) is 5.43. The van der Waals surface area contributed by atoms with Crippen LogP contribution in [0.1, 0.15) is 39.6 Å². The van der Waals surface area contributed by atoms with Crippen molar-refractivity contribution in [3.8, 4) is 0 Å². The monoisotopic (exact) mass is 384 g/mol. The molecule has 4 nitrogen and oxygen atoms in total. The molecule has 4 heteroatoms. The van der Waals surface area contributed by atoms with E-state index in [4.69, 9.17) is 0 Å². The molecule has 1 aliphatic heterocycles. The van der Waals surface area contributed by atoms with Crippen LogP contribution in [0.15, 0.2) is 78.9 Å². The molecule has 3 aromatic carbocycles. The highest BCUT2D eigenvalue weighted by molar-refractivity contribution is 6.17. The molecule has 0 aliphatic carbocycles. The van der Waals surface area contributed by atoms with E-state index in [1.54, 1.807) is 36.4 Å². The van der Waals surface area contributed by atoms with E-state index in [-0.39, 0.29) is 11.7 Å². The summed E-state index contributed by atoms with van der Waals surface area (Å²) < 4.78 is 0. The van der Waals surface area contributed by atoms with Crippen molar-refractivity contribution in [2.24, 2.45) is 5.92 Å². The zero-order valence-corrected chi connectivity index (χ0v) is 16.5. The second-order valence-electron chi connectivity index (χ2n) is 7.58. The van der Waals surface area contributed by atoms with Gasteiger partial charge in [-0.25, -0.2) is 0 Å². The number of carbonyl (C=O) groups is 2. The van der Waals surface area contributed by atoms with Gasteiger partial charge in [-0.3, -0.25) is 9.59 Å². The molecule has 1 fully saturated rings. The molecule has 0 saturated carbocycles. The predicted octanol–water partition coefficient (Wildman–Crippen LogP) is 5.02. The van der Waals surface area contributed by atoms with Crippen LogP contribution in [0.5, 0.6) is 0 Å². The molecule has 3 aromatic rings. The molecule has 0 bridgehead atoms. The minimum atomic E-state index is -0.285. The van der Waals surface area contributed by atoms with E-state index in [1.807, 2.05) is 42.5 Å². The van der Waals surface area contributed by atoms with Gasteiger partial charge in [0, 0.05) is 35.6 Å². The summed E-state index contributed by atoms with van der Waals surface area (Å²) in [6.45, 7) is 4.41. The molecule has 1 amide bonds. The van der Waals surface area contributed by atoms with Crippen LogP contribution < -0.4 is 10.2 Å². The number of nitrogens with zero attached hydrogens (tertiary/aromatic N) is 1. The smallest absolute Gasteiger partial charge is 0.256 e. The number of benzene rings is 3. The number of nitrogens with one attached hydrogen (secondary N) is 1. The molecular weight excluding hydrogens is 360 g/mol. The Morgan fingerprint density at radius 1 is 0.862 bits per heavy atom. The van der Waals surface area contributed by atoms with Crippen molar-refractivity contribution >= 4 is 23.1 Å². The molecule has 1 aliphatic rings. The van der Waals surface area contributed by atoms with Gasteiger partial charge in [-0.2, -0.15) is 0 Å². The highest BCUT2D eigenvalue weighted by Crippen LogP contribution is 2.25. The molecule has 146 valence electrons. The van der Waals surface area contributed by atoms with Crippen molar-refractivity contribution in [2.75, 3.05) is 23.3 Å². The minimum absolute atomic E-state index is 0.158. The Bertz CT molecular complexity index is 1010. The fourth-order valence-corrected chi connectivity index (χ4v) is 3.75. The molecule has 1 N–H and O–H groups in total. The van der Waals surface area contributed by atoms with Gasteiger partial charge in [0.1, 0.15) is 0 Å². The molecule has 29 heavy (non-hydrogen) atoms. The van der Waals surface area contributed by atoms with Crippen molar-refractivity contribution in [3.05, 3.63) is 95.6 Å². The van der Waals surface area contributed by atoms with Crippen LogP contribution in [-0.2, 0) is 0 Å². The van der Waals surface area contributed by atoms with Crippen molar-refractivity contribution in [1.29, 1.82) is 0 Å². The maximum atomic E-state index is 12.9. The maximum Gasteiger partial charge on any atom is 0.256 e. The first-order valence-corrected chi connectivity index (χ1v) is 9.97. The van der Waals surface area contributed by atoms with Crippen LogP contribution in [0.25, 0.3) is 0 Å². The van der Waals surface area contributed by atoms with Gasteiger partial charge in [-0.1, -0.05) is 55.5 Å². The van der Waals surface area contributed by atoms with E-state index in [0.29, 0.717) is 28.3 Å². The zero-order valence-electron chi connectivity index (χ0n) is 16.5. The van der Waals surface area contributed by atoms with Gasteiger partial charge in [-0.05, 0) is 42.7 Å². The number of amides is 1. The van der Waals surface area contributed by atoms with Crippen LogP contribution in [-0.4, -0.2) is 24.8 Å². The SMILES string of the molecule is CC1CCN(c2ccc(NC(=O)c3ccccc3C(=O)c3ccccc3)cc2)C1. The van der Waals surface area contributed by atoms with Gasteiger partial charge < -0.3 is 10.2 Å². The lowest BCUT2D eigenvalue weighted by atomic mass is 9.98. The van der Waals surface area contributed by atoms with Crippen LogP contribution in [0.2, 0.25) is 0 Å². The van der Waals surface area contributed by atoms with Crippen molar-refractivity contribution in [3.63, 3.8) is 0 Å². The number of ketones is 1. The summed E-state index contributed by atoms with van der Waals surface area (Å²) in [7, 11) is 0. The molecule has 4 rings (SSSR count). The molecule has 1 heterocycles. The Morgan fingerprint density at radius 2 is 1.52 bits per heavy atom. The first-order valence-electron chi connectivity index (χ1n) is 9.97. The van der Waals surface area contributed by atoms with Gasteiger partial charge in [0.15, 0.2) is 5.78 Å². The summed E-state index contributed by atoms with van der Waals surface area (Å²) in [5.74, 6) is 0.273. The second-order valence-corrected chi connectivity index (χ2v) is 7.58. The Labute approximate surface area is 171 Å². The molecule has 0 aromatic heterocycles. The number of carbonyl (C=O) groups excluding carboxylic acids is 2. The lowest BCUT2D eigenvalue weighted by Gasteiger charge is -2.18. The van der Waals surface area contributed by atoms with Gasteiger partial charge in [0.2, 0.25) is 0 Å². The van der Waals surface area contributed by atoms with Crippen molar-refractivity contribution in [2.45, 2.75) is 13.3 Å². The summed E-state index contributed by atoms with van der Waals surface area (Å²) in [5.41, 5.74) is 3.23. The third kappa shape index (κ3) is 4.21. The van der Waals surface area contributed by atoms with Gasteiger partial charge in [0.05, 0.1) is 5.56 Å². The number of rotatable bonds is 5. The molecule has 0 radical (unpaired) electrons. The predicted molar refractivity (Wildman–Crippen MR) is 117 cm³/mol. The van der Waals surface area contributed by atoms with Gasteiger partial charge in [-0.15, -0.1) is 0 Å². The first-order chi connectivity index (χ1) is 14.1. The Morgan fingerprint density at radius 3 is 2.17 bits per heavy atom. The quantitative estimate of drug-likeness (QED) is 0.629. The molecule has 0 spiro atoms. The third-order valence-corrected chi connectivity index (χ3v) is 5.37. The Balaban J connectivity index is 1.51. The van der Waals surface area contributed by atoms with Gasteiger partial charge >= 0.3 is 0 Å². The van der Waals surface area contributed by atoms with E-state index < -0.39 is 0 Å². The first kappa shape index (κ1) is 18.9. The molecule has 1 atom stereocenters. The van der Waals surface area contributed by atoms with Crippen LogP contribution in [0.3, 0.4) is 0 Å². The molecule has 1 unspecified atom stereocenters. The largest absolute Gasteiger partial charge is 0.371 e. The topological polar surface area (TPSA) is 49.4 Å². The fourth-order valence-electron chi connectivity index (χ4n) is 3.75. The third-order valence-electron chi connectivity index (χ3n) is 5.37.